The lowest BCUT2D eigenvalue weighted by atomic mass is 9.85. The first kappa shape index (κ1) is 15.2. The molecule has 0 fully saturated rings. The standard InChI is InChI=1S/C15H15ClN4O3/c1-6-11(14(22)19-17-6)13(12-7(2)18-20-15(12)23)9-5-8(16)3-4-10(9)21/h3-5,13,21H,1-2H3,(H2,17,19,22)(H2,18,20,23). The second kappa shape index (κ2) is 5.51. The number of aromatic nitrogens is 4. The van der Waals surface area contributed by atoms with Crippen LogP contribution >= 0.6 is 11.6 Å². The van der Waals surface area contributed by atoms with Gasteiger partial charge in [0.1, 0.15) is 5.75 Å². The quantitative estimate of drug-likeness (QED) is 0.503. The first-order valence-electron chi connectivity index (χ1n) is 6.92. The first-order chi connectivity index (χ1) is 10.9. The van der Waals surface area contributed by atoms with Gasteiger partial charge in [-0.3, -0.25) is 19.8 Å². The van der Waals surface area contributed by atoms with Gasteiger partial charge in [0.25, 0.3) is 11.1 Å². The Morgan fingerprint density at radius 1 is 0.957 bits per heavy atom. The van der Waals surface area contributed by atoms with Crippen molar-refractivity contribution >= 4 is 11.6 Å². The summed E-state index contributed by atoms with van der Waals surface area (Å²) in [7, 11) is 0. The molecule has 0 bridgehead atoms. The summed E-state index contributed by atoms with van der Waals surface area (Å²) >= 11 is 6.04. The fraction of sp³-hybridized carbons (Fsp3) is 0.200. The molecule has 0 amide bonds. The Balaban J connectivity index is 2.38. The monoisotopic (exact) mass is 334 g/mol. The Hall–Kier alpha value is -2.67. The molecule has 23 heavy (non-hydrogen) atoms. The summed E-state index contributed by atoms with van der Waals surface area (Å²) in [6.45, 7) is 3.44. The average Bonchev–Trinajstić information content (AvgIpc) is 3.00. The zero-order valence-electron chi connectivity index (χ0n) is 12.5. The van der Waals surface area contributed by atoms with Crippen LogP contribution in [0.4, 0.5) is 0 Å². The van der Waals surface area contributed by atoms with Crippen LogP contribution in [0.25, 0.3) is 0 Å². The SMILES string of the molecule is Cc1[nH][nH]c(=O)c1C(c1cc(Cl)ccc1O)c1c(C)[nH][nH]c1=O. The third-order valence-electron chi connectivity index (χ3n) is 3.90. The molecule has 7 nitrogen and oxygen atoms in total. The van der Waals surface area contributed by atoms with Crippen LogP contribution in [0.15, 0.2) is 27.8 Å². The fourth-order valence-corrected chi connectivity index (χ4v) is 3.00. The van der Waals surface area contributed by atoms with Gasteiger partial charge >= 0.3 is 0 Å². The maximum Gasteiger partial charge on any atom is 0.268 e. The van der Waals surface area contributed by atoms with Crippen LogP contribution in [0.3, 0.4) is 0 Å². The summed E-state index contributed by atoms with van der Waals surface area (Å²) in [5.41, 5.74) is 1.56. The number of nitrogens with one attached hydrogen (secondary N) is 4. The first-order valence-corrected chi connectivity index (χ1v) is 7.30. The summed E-state index contributed by atoms with van der Waals surface area (Å²) in [5.74, 6) is -0.793. The van der Waals surface area contributed by atoms with E-state index in [0.717, 1.165) is 0 Å². The highest BCUT2D eigenvalue weighted by Gasteiger charge is 2.30. The number of rotatable bonds is 3. The maximum absolute atomic E-state index is 12.2. The summed E-state index contributed by atoms with van der Waals surface area (Å²) in [4.78, 5) is 24.5. The van der Waals surface area contributed by atoms with Gasteiger partial charge in [0.15, 0.2) is 0 Å². The van der Waals surface area contributed by atoms with E-state index in [1.165, 1.54) is 6.07 Å². The minimum atomic E-state index is -0.751. The number of hydrogen-bond donors (Lipinski definition) is 5. The smallest absolute Gasteiger partial charge is 0.268 e. The van der Waals surface area contributed by atoms with Crippen LogP contribution in [0.2, 0.25) is 5.02 Å². The highest BCUT2D eigenvalue weighted by molar-refractivity contribution is 6.30. The minimum Gasteiger partial charge on any atom is -0.508 e. The summed E-state index contributed by atoms with van der Waals surface area (Å²) in [5, 5.41) is 21.2. The van der Waals surface area contributed by atoms with Crippen molar-refractivity contribution in [1.82, 2.24) is 20.4 Å². The highest BCUT2D eigenvalue weighted by Crippen LogP contribution is 2.37. The molecule has 0 radical (unpaired) electrons. The molecule has 0 aliphatic heterocycles. The van der Waals surface area contributed by atoms with Gasteiger partial charge in [0, 0.05) is 22.0 Å². The molecule has 1 aromatic carbocycles. The number of aromatic amines is 4. The molecule has 0 saturated carbocycles. The molecule has 0 spiro atoms. The summed E-state index contributed by atoms with van der Waals surface area (Å²) < 4.78 is 0. The van der Waals surface area contributed by atoms with Crippen LogP contribution in [-0.2, 0) is 0 Å². The predicted molar refractivity (Wildman–Crippen MR) is 86.4 cm³/mol. The molecular formula is C15H15ClN4O3. The van der Waals surface area contributed by atoms with Crippen molar-refractivity contribution in [1.29, 1.82) is 0 Å². The largest absolute Gasteiger partial charge is 0.508 e. The minimum absolute atomic E-state index is 0.0422. The molecule has 0 atom stereocenters. The molecule has 8 heteroatoms. The molecule has 0 aliphatic rings. The van der Waals surface area contributed by atoms with E-state index in [4.69, 9.17) is 11.6 Å². The molecular weight excluding hydrogens is 320 g/mol. The van der Waals surface area contributed by atoms with Crippen LogP contribution in [0.5, 0.6) is 5.75 Å². The zero-order chi connectivity index (χ0) is 16.7. The van der Waals surface area contributed by atoms with E-state index in [1.807, 2.05) is 0 Å². The predicted octanol–water partition coefficient (Wildman–Crippen LogP) is 1.88. The Kier molecular flexibility index (Phi) is 3.65. The number of aryl methyl sites for hydroxylation is 2. The van der Waals surface area contributed by atoms with Crippen LogP contribution in [0.1, 0.15) is 34.0 Å². The molecule has 2 heterocycles. The van der Waals surface area contributed by atoms with E-state index in [1.54, 1.807) is 26.0 Å². The van der Waals surface area contributed by atoms with E-state index < -0.39 is 5.92 Å². The maximum atomic E-state index is 12.2. The van der Waals surface area contributed by atoms with Crippen LogP contribution in [0, 0.1) is 13.8 Å². The van der Waals surface area contributed by atoms with E-state index in [0.29, 0.717) is 33.1 Å². The number of phenolic OH excluding ortho intramolecular Hbond substituents is 1. The Morgan fingerprint density at radius 3 is 1.91 bits per heavy atom. The topological polar surface area (TPSA) is 118 Å². The lowest BCUT2D eigenvalue weighted by molar-refractivity contribution is 0.467. The third-order valence-corrected chi connectivity index (χ3v) is 4.14. The van der Waals surface area contributed by atoms with E-state index in [2.05, 4.69) is 20.4 Å². The number of hydrogen-bond acceptors (Lipinski definition) is 3. The Bertz CT molecular complexity index is 925. The molecule has 0 saturated heterocycles. The number of phenols is 1. The van der Waals surface area contributed by atoms with Crippen molar-refractivity contribution in [2.45, 2.75) is 19.8 Å². The van der Waals surface area contributed by atoms with Crippen molar-refractivity contribution in [3.8, 4) is 5.75 Å². The van der Waals surface area contributed by atoms with Crippen LogP contribution < -0.4 is 11.1 Å². The third kappa shape index (κ3) is 2.49. The molecule has 5 N–H and O–H groups in total. The molecule has 120 valence electrons. The van der Waals surface area contributed by atoms with Gasteiger partial charge in [0.05, 0.1) is 17.0 Å². The lowest BCUT2D eigenvalue weighted by Crippen LogP contribution is -2.20. The average molecular weight is 335 g/mol. The van der Waals surface area contributed by atoms with E-state index in [9.17, 15) is 14.7 Å². The number of halogens is 1. The van der Waals surface area contributed by atoms with Crippen molar-refractivity contribution in [2.24, 2.45) is 0 Å². The Labute approximate surface area is 135 Å². The molecule has 0 aliphatic carbocycles. The number of aromatic hydroxyl groups is 1. The van der Waals surface area contributed by atoms with Crippen molar-refractivity contribution in [2.75, 3.05) is 0 Å². The number of benzene rings is 1. The lowest BCUT2D eigenvalue weighted by Gasteiger charge is -2.17. The second-order valence-corrected chi connectivity index (χ2v) is 5.81. The van der Waals surface area contributed by atoms with Crippen molar-refractivity contribution in [3.05, 3.63) is 72.0 Å². The second-order valence-electron chi connectivity index (χ2n) is 5.37. The van der Waals surface area contributed by atoms with Crippen LogP contribution in [-0.4, -0.2) is 25.5 Å². The normalized spacial score (nSPS) is 11.3. The Morgan fingerprint density at radius 2 is 1.48 bits per heavy atom. The van der Waals surface area contributed by atoms with Gasteiger partial charge in [-0.25, -0.2) is 0 Å². The molecule has 3 aromatic rings. The van der Waals surface area contributed by atoms with E-state index in [-0.39, 0.29) is 16.9 Å². The highest BCUT2D eigenvalue weighted by atomic mass is 35.5. The van der Waals surface area contributed by atoms with Gasteiger partial charge in [-0.05, 0) is 32.0 Å². The van der Waals surface area contributed by atoms with Crippen molar-refractivity contribution in [3.63, 3.8) is 0 Å². The molecule has 2 aromatic heterocycles. The summed E-state index contributed by atoms with van der Waals surface area (Å²) in [6.07, 6.45) is 0. The molecule has 0 unspecified atom stereocenters. The van der Waals surface area contributed by atoms with Gasteiger partial charge < -0.3 is 15.3 Å². The fourth-order valence-electron chi connectivity index (χ4n) is 2.82. The number of H-pyrrole nitrogens is 4. The molecule has 3 rings (SSSR count). The van der Waals surface area contributed by atoms with Gasteiger partial charge in [-0.1, -0.05) is 11.6 Å². The van der Waals surface area contributed by atoms with Gasteiger partial charge in [-0.2, -0.15) is 0 Å². The summed E-state index contributed by atoms with van der Waals surface area (Å²) in [6, 6.07) is 4.54. The van der Waals surface area contributed by atoms with E-state index >= 15 is 0 Å². The zero-order valence-corrected chi connectivity index (χ0v) is 13.2. The van der Waals surface area contributed by atoms with Gasteiger partial charge in [0.2, 0.25) is 0 Å². The van der Waals surface area contributed by atoms with Crippen molar-refractivity contribution < 1.29 is 5.11 Å². The van der Waals surface area contributed by atoms with Gasteiger partial charge in [-0.15, -0.1) is 0 Å².